The number of unbranched alkanes of at least 4 members (excludes halogenated alkanes) is 15. The Labute approximate surface area is 407 Å². The van der Waals surface area contributed by atoms with Gasteiger partial charge in [-0.1, -0.05) is 219 Å². The molecule has 0 aliphatic heterocycles. The van der Waals surface area contributed by atoms with Gasteiger partial charge in [0.2, 0.25) is 0 Å². The fourth-order valence-corrected chi connectivity index (χ4v) is 6.78. The van der Waals surface area contributed by atoms with Crippen molar-refractivity contribution >= 4 is 11.9 Å². The van der Waals surface area contributed by atoms with Gasteiger partial charge in [-0.2, -0.15) is 0 Å². The second-order valence-electron chi connectivity index (χ2n) is 17.0. The third kappa shape index (κ3) is 52.7. The van der Waals surface area contributed by atoms with E-state index >= 15 is 0 Å². The molecule has 0 aliphatic carbocycles. The summed E-state index contributed by atoms with van der Waals surface area (Å²) in [6, 6.07) is 0. The van der Waals surface area contributed by atoms with Crippen LogP contribution in [0.5, 0.6) is 0 Å². The number of ether oxygens (including phenoxy) is 3. The van der Waals surface area contributed by atoms with E-state index in [1.54, 1.807) is 0 Å². The number of allylic oxidation sites excluding steroid dienone is 21. The van der Waals surface area contributed by atoms with Crippen molar-refractivity contribution in [3.8, 4) is 0 Å². The Bertz CT molecular complexity index is 1400. The van der Waals surface area contributed by atoms with E-state index in [4.69, 9.17) is 14.2 Å². The van der Waals surface area contributed by atoms with E-state index in [-0.39, 0.29) is 31.6 Å². The fraction of sp³-hybridized carbons (Fsp3) is 0.607. The molecule has 0 aromatic carbocycles. The van der Waals surface area contributed by atoms with Gasteiger partial charge in [-0.15, -0.1) is 0 Å². The molecule has 1 unspecified atom stereocenters. The summed E-state index contributed by atoms with van der Waals surface area (Å²) in [4.78, 5) is 25.4. The summed E-state index contributed by atoms with van der Waals surface area (Å²) in [5, 5.41) is 0. The topological polar surface area (TPSA) is 61.8 Å². The Morgan fingerprint density at radius 1 is 0.364 bits per heavy atom. The van der Waals surface area contributed by atoms with Gasteiger partial charge in [0.15, 0.2) is 6.10 Å². The Morgan fingerprint density at radius 3 is 1.18 bits per heavy atom. The first-order valence-electron chi connectivity index (χ1n) is 26.7. The first-order chi connectivity index (χ1) is 32.6. The van der Waals surface area contributed by atoms with Crippen molar-refractivity contribution < 1.29 is 23.8 Å². The van der Waals surface area contributed by atoms with E-state index in [0.29, 0.717) is 13.0 Å². The smallest absolute Gasteiger partial charge is 0.310 e. The summed E-state index contributed by atoms with van der Waals surface area (Å²) in [6.07, 6.45) is 79.2. The van der Waals surface area contributed by atoms with Crippen LogP contribution in [0.15, 0.2) is 134 Å². The fourth-order valence-electron chi connectivity index (χ4n) is 6.78. The van der Waals surface area contributed by atoms with Crippen LogP contribution in [0, 0.1) is 0 Å². The van der Waals surface area contributed by atoms with Gasteiger partial charge in [0.1, 0.15) is 6.61 Å². The standard InChI is InChI=1S/C61H98O5/c1-4-7-10-13-16-19-22-25-28-30-32-35-38-41-44-47-50-53-56-64-57-59(66-61(63)55-52-49-46-43-40-37-33-27-24-21-18-15-12-9-6-3)58-65-60(62)54-51-48-45-42-39-36-34-31-29-26-23-20-17-14-11-8-5-2/h7,9-10,12,16,18-19,21,25-29,32-33,35,40-41,43-44,49,52,59H,4-6,8,11,13-15,17,20,22-24,30-31,34,36-39,42,45-48,50-51,53-58H2,1-3H3/b10-7-,12-9-,19-16-,21-18-,28-25-,29-26-,33-27-,35-32-,43-40-,44-41-,52-49-. The molecule has 0 spiro atoms. The van der Waals surface area contributed by atoms with Crippen LogP contribution in [0.2, 0.25) is 0 Å². The van der Waals surface area contributed by atoms with E-state index in [0.717, 1.165) is 103 Å². The summed E-state index contributed by atoms with van der Waals surface area (Å²) in [6.45, 7) is 7.37. The van der Waals surface area contributed by atoms with Gasteiger partial charge >= 0.3 is 11.9 Å². The molecular weight excluding hydrogens is 813 g/mol. The van der Waals surface area contributed by atoms with Crippen LogP contribution >= 0.6 is 0 Å². The molecule has 5 heteroatoms. The van der Waals surface area contributed by atoms with Crippen LogP contribution in [0.4, 0.5) is 0 Å². The minimum Gasteiger partial charge on any atom is -0.462 e. The number of esters is 2. The molecule has 0 fully saturated rings. The zero-order valence-electron chi connectivity index (χ0n) is 42.7. The number of carbonyl (C=O) groups excluding carboxylic acids is 2. The average molecular weight is 911 g/mol. The number of rotatable bonds is 47. The van der Waals surface area contributed by atoms with Gasteiger partial charge < -0.3 is 14.2 Å². The van der Waals surface area contributed by atoms with Crippen molar-refractivity contribution in [2.24, 2.45) is 0 Å². The van der Waals surface area contributed by atoms with Crippen molar-refractivity contribution in [1.29, 1.82) is 0 Å². The molecule has 0 bridgehead atoms. The van der Waals surface area contributed by atoms with Crippen molar-refractivity contribution in [2.75, 3.05) is 19.8 Å². The summed E-state index contributed by atoms with van der Waals surface area (Å²) < 4.78 is 17.3. The minimum absolute atomic E-state index is 0.0175. The van der Waals surface area contributed by atoms with Crippen molar-refractivity contribution in [3.63, 3.8) is 0 Å². The van der Waals surface area contributed by atoms with E-state index < -0.39 is 6.10 Å². The molecule has 0 heterocycles. The summed E-state index contributed by atoms with van der Waals surface area (Å²) >= 11 is 0. The largest absolute Gasteiger partial charge is 0.462 e. The predicted molar refractivity (Wildman–Crippen MR) is 288 cm³/mol. The lowest BCUT2D eigenvalue weighted by Gasteiger charge is -2.18. The second-order valence-corrected chi connectivity index (χ2v) is 17.0. The molecule has 0 aliphatic rings. The normalized spacial score (nSPS) is 13.3. The zero-order valence-corrected chi connectivity index (χ0v) is 42.7. The maximum atomic E-state index is 12.8. The number of hydrogen-bond donors (Lipinski definition) is 0. The molecule has 0 N–H and O–H groups in total. The van der Waals surface area contributed by atoms with Crippen LogP contribution in [0.25, 0.3) is 0 Å². The van der Waals surface area contributed by atoms with Crippen LogP contribution < -0.4 is 0 Å². The summed E-state index contributed by atoms with van der Waals surface area (Å²) in [7, 11) is 0. The van der Waals surface area contributed by atoms with E-state index in [2.05, 4.69) is 142 Å². The van der Waals surface area contributed by atoms with Crippen LogP contribution in [-0.2, 0) is 23.8 Å². The Morgan fingerprint density at radius 2 is 0.727 bits per heavy atom. The molecule has 0 rings (SSSR count). The van der Waals surface area contributed by atoms with Gasteiger partial charge in [0.25, 0.3) is 0 Å². The Hall–Kier alpha value is -3.96. The van der Waals surface area contributed by atoms with E-state index in [1.807, 2.05) is 12.2 Å². The van der Waals surface area contributed by atoms with Crippen LogP contribution in [0.3, 0.4) is 0 Å². The van der Waals surface area contributed by atoms with Gasteiger partial charge in [-0.05, 0) is 116 Å². The highest BCUT2D eigenvalue weighted by Crippen LogP contribution is 2.12. The Kier molecular flexibility index (Phi) is 52.0. The molecule has 372 valence electrons. The third-order valence-electron chi connectivity index (χ3n) is 10.7. The molecule has 5 nitrogen and oxygen atoms in total. The van der Waals surface area contributed by atoms with Crippen molar-refractivity contribution in [3.05, 3.63) is 134 Å². The summed E-state index contributed by atoms with van der Waals surface area (Å²) in [5.41, 5.74) is 0. The van der Waals surface area contributed by atoms with Gasteiger partial charge in [-0.25, -0.2) is 0 Å². The molecule has 0 amide bonds. The highest BCUT2D eigenvalue weighted by molar-refractivity contribution is 5.71. The third-order valence-corrected chi connectivity index (χ3v) is 10.7. The van der Waals surface area contributed by atoms with Gasteiger partial charge in [-0.3, -0.25) is 9.59 Å². The van der Waals surface area contributed by atoms with Crippen molar-refractivity contribution in [1.82, 2.24) is 0 Å². The SMILES string of the molecule is CC/C=C\C/C=C\C/C=C\C/C=C\C/C=C\CCCCOCC(COC(=O)CCCCCCCCC/C=C\CCCCCCCC)OC(=O)C/C=C\C/C=C\C/C=C\C/C=C\C/C=C\CC. The number of carbonyl (C=O) groups is 2. The second kappa shape index (κ2) is 55.4. The molecular formula is C61H98O5. The first kappa shape index (κ1) is 62.0. The van der Waals surface area contributed by atoms with E-state index in [1.165, 1.54) is 77.0 Å². The highest BCUT2D eigenvalue weighted by Gasteiger charge is 2.17. The molecule has 0 radical (unpaired) electrons. The molecule has 66 heavy (non-hydrogen) atoms. The first-order valence-corrected chi connectivity index (χ1v) is 26.7. The minimum atomic E-state index is -0.624. The monoisotopic (exact) mass is 911 g/mol. The zero-order chi connectivity index (χ0) is 47.7. The average Bonchev–Trinajstić information content (AvgIpc) is 3.32. The maximum Gasteiger partial charge on any atom is 0.310 e. The van der Waals surface area contributed by atoms with Gasteiger partial charge in [0, 0.05) is 13.0 Å². The Balaban J connectivity index is 4.49. The maximum absolute atomic E-state index is 12.8. The quantitative estimate of drug-likeness (QED) is 0.0346. The predicted octanol–water partition coefficient (Wildman–Crippen LogP) is 18.3. The lowest BCUT2D eigenvalue weighted by atomic mass is 10.1. The van der Waals surface area contributed by atoms with Gasteiger partial charge in [0.05, 0.1) is 13.0 Å². The lowest BCUT2D eigenvalue weighted by molar-refractivity contribution is -0.162. The highest BCUT2D eigenvalue weighted by atomic mass is 16.6. The van der Waals surface area contributed by atoms with Crippen LogP contribution in [-0.4, -0.2) is 37.9 Å². The molecule has 0 saturated heterocycles. The lowest BCUT2D eigenvalue weighted by Crippen LogP contribution is -2.29. The molecule has 0 aromatic heterocycles. The molecule has 1 atom stereocenters. The van der Waals surface area contributed by atoms with E-state index in [9.17, 15) is 9.59 Å². The van der Waals surface area contributed by atoms with Crippen molar-refractivity contribution in [2.45, 2.75) is 219 Å². The molecule has 0 aromatic rings. The number of hydrogen-bond acceptors (Lipinski definition) is 5. The molecule has 0 saturated carbocycles. The van der Waals surface area contributed by atoms with Crippen LogP contribution in [0.1, 0.15) is 213 Å². The summed E-state index contributed by atoms with van der Waals surface area (Å²) in [5.74, 6) is -0.581.